The number of piperazine rings is 1. The van der Waals surface area contributed by atoms with Crippen LogP contribution < -0.4 is 5.32 Å². The molecule has 0 saturated carbocycles. The van der Waals surface area contributed by atoms with Crippen LogP contribution in [0.25, 0.3) is 0 Å². The molecule has 1 aliphatic rings. The minimum Gasteiger partial charge on any atom is -0.378 e. The second-order valence-electron chi connectivity index (χ2n) is 4.46. The Morgan fingerprint density at radius 1 is 1.24 bits per heavy atom. The first-order valence-electron chi connectivity index (χ1n) is 6.47. The van der Waals surface area contributed by atoms with Crippen molar-refractivity contribution in [3.63, 3.8) is 0 Å². The van der Waals surface area contributed by atoms with E-state index in [0.29, 0.717) is 19.6 Å². The predicted octanol–water partition coefficient (Wildman–Crippen LogP) is -0.223. The lowest BCUT2D eigenvalue weighted by Gasteiger charge is -2.32. The second kappa shape index (κ2) is 8.44. The molecule has 0 aliphatic carbocycles. The molecule has 1 aliphatic heterocycles. The number of nitrogens with one attached hydrogen (secondary N) is 1. The van der Waals surface area contributed by atoms with Gasteiger partial charge in [-0.25, -0.2) is 0 Å². The minimum absolute atomic E-state index is 0.0904. The normalized spacial score (nSPS) is 18.2. The molecule has 0 radical (unpaired) electrons. The van der Waals surface area contributed by atoms with E-state index in [9.17, 15) is 4.79 Å². The van der Waals surface area contributed by atoms with E-state index in [1.807, 2.05) is 6.92 Å². The molecule has 1 heterocycles. The molecule has 0 aromatic heterocycles. The Morgan fingerprint density at radius 2 is 1.94 bits per heavy atom. The predicted molar refractivity (Wildman–Crippen MR) is 68.1 cm³/mol. The molecule has 1 saturated heterocycles. The zero-order valence-electron chi connectivity index (χ0n) is 11.1. The SMILES string of the molecule is CCC(=O)NCCOCCN1CCN(C)CC1. The third-order valence-electron chi connectivity index (χ3n) is 3.04. The van der Waals surface area contributed by atoms with Gasteiger partial charge in [0.15, 0.2) is 0 Å². The summed E-state index contributed by atoms with van der Waals surface area (Å²) in [6.45, 7) is 9.39. The Balaban J connectivity index is 1.89. The van der Waals surface area contributed by atoms with Gasteiger partial charge in [-0.3, -0.25) is 9.69 Å². The van der Waals surface area contributed by atoms with Crippen LogP contribution in [0, 0.1) is 0 Å². The average molecular weight is 243 g/mol. The molecule has 0 unspecified atom stereocenters. The van der Waals surface area contributed by atoms with E-state index in [2.05, 4.69) is 22.2 Å². The van der Waals surface area contributed by atoms with Crippen LogP contribution in [-0.2, 0) is 9.53 Å². The van der Waals surface area contributed by atoms with Crippen molar-refractivity contribution in [1.29, 1.82) is 0 Å². The van der Waals surface area contributed by atoms with Crippen molar-refractivity contribution in [2.45, 2.75) is 13.3 Å². The summed E-state index contributed by atoms with van der Waals surface area (Å²) in [5.41, 5.74) is 0. The molecule has 1 rings (SSSR count). The topological polar surface area (TPSA) is 44.8 Å². The minimum atomic E-state index is 0.0904. The first-order chi connectivity index (χ1) is 8.22. The van der Waals surface area contributed by atoms with Crippen molar-refractivity contribution in [3.05, 3.63) is 0 Å². The molecule has 5 nitrogen and oxygen atoms in total. The summed E-state index contributed by atoms with van der Waals surface area (Å²) in [5.74, 6) is 0.0904. The Morgan fingerprint density at radius 3 is 2.59 bits per heavy atom. The van der Waals surface area contributed by atoms with Crippen molar-refractivity contribution in [2.75, 3.05) is 59.5 Å². The molecule has 1 fully saturated rings. The largest absolute Gasteiger partial charge is 0.378 e. The highest BCUT2D eigenvalue weighted by atomic mass is 16.5. The van der Waals surface area contributed by atoms with Gasteiger partial charge in [-0.2, -0.15) is 0 Å². The van der Waals surface area contributed by atoms with Gasteiger partial charge in [0, 0.05) is 45.7 Å². The van der Waals surface area contributed by atoms with Gasteiger partial charge in [-0.05, 0) is 7.05 Å². The van der Waals surface area contributed by atoms with E-state index in [4.69, 9.17) is 4.74 Å². The molecule has 1 amide bonds. The molecule has 0 bridgehead atoms. The number of hydrogen-bond donors (Lipinski definition) is 1. The van der Waals surface area contributed by atoms with E-state index in [1.54, 1.807) is 0 Å². The smallest absolute Gasteiger partial charge is 0.219 e. The monoisotopic (exact) mass is 243 g/mol. The maximum Gasteiger partial charge on any atom is 0.219 e. The summed E-state index contributed by atoms with van der Waals surface area (Å²) in [6.07, 6.45) is 0.543. The molecule has 0 atom stereocenters. The molecule has 1 N–H and O–H groups in total. The molecular formula is C12H25N3O2. The lowest BCUT2D eigenvalue weighted by molar-refractivity contribution is -0.121. The van der Waals surface area contributed by atoms with Crippen LogP contribution in [0.15, 0.2) is 0 Å². The standard InChI is InChI=1S/C12H25N3O2/c1-3-12(16)13-4-10-17-11-9-15-7-5-14(2)6-8-15/h3-11H2,1-2H3,(H,13,16). The van der Waals surface area contributed by atoms with Crippen molar-refractivity contribution in [2.24, 2.45) is 0 Å². The fourth-order valence-electron chi connectivity index (χ4n) is 1.75. The van der Waals surface area contributed by atoms with Crippen LogP contribution in [0.1, 0.15) is 13.3 Å². The Kier molecular flexibility index (Phi) is 7.16. The highest BCUT2D eigenvalue weighted by Gasteiger charge is 2.12. The highest BCUT2D eigenvalue weighted by Crippen LogP contribution is 1.98. The zero-order valence-corrected chi connectivity index (χ0v) is 11.1. The average Bonchev–Trinajstić information content (AvgIpc) is 2.35. The van der Waals surface area contributed by atoms with Crippen LogP contribution in [-0.4, -0.2) is 75.2 Å². The summed E-state index contributed by atoms with van der Waals surface area (Å²) >= 11 is 0. The van der Waals surface area contributed by atoms with Gasteiger partial charge >= 0.3 is 0 Å². The van der Waals surface area contributed by atoms with Crippen molar-refractivity contribution in [1.82, 2.24) is 15.1 Å². The van der Waals surface area contributed by atoms with Crippen LogP contribution in [0.5, 0.6) is 0 Å². The number of ether oxygens (including phenoxy) is 1. The van der Waals surface area contributed by atoms with E-state index >= 15 is 0 Å². The summed E-state index contributed by atoms with van der Waals surface area (Å²) in [5, 5.41) is 2.79. The van der Waals surface area contributed by atoms with Crippen LogP contribution >= 0.6 is 0 Å². The van der Waals surface area contributed by atoms with E-state index < -0.39 is 0 Å². The number of rotatable bonds is 7. The second-order valence-corrected chi connectivity index (χ2v) is 4.46. The fourth-order valence-corrected chi connectivity index (χ4v) is 1.75. The third-order valence-corrected chi connectivity index (χ3v) is 3.04. The lowest BCUT2D eigenvalue weighted by Crippen LogP contribution is -2.45. The first-order valence-corrected chi connectivity index (χ1v) is 6.47. The fraction of sp³-hybridized carbons (Fsp3) is 0.917. The number of carbonyl (C=O) groups is 1. The number of likely N-dealkylation sites (N-methyl/N-ethyl adjacent to an activating group) is 1. The first kappa shape index (κ1) is 14.4. The molecule has 5 heteroatoms. The number of nitrogens with zero attached hydrogens (tertiary/aromatic N) is 2. The van der Waals surface area contributed by atoms with E-state index in [1.165, 1.54) is 0 Å². The van der Waals surface area contributed by atoms with E-state index in [0.717, 1.165) is 39.3 Å². The molecule has 0 aromatic carbocycles. The molecule has 17 heavy (non-hydrogen) atoms. The van der Waals surface area contributed by atoms with Crippen molar-refractivity contribution >= 4 is 5.91 Å². The van der Waals surface area contributed by atoms with Gasteiger partial charge in [0.2, 0.25) is 5.91 Å². The van der Waals surface area contributed by atoms with Crippen LogP contribution in [0.3, 0.4) is 0 Å². The van der Waals surface area contributed by atoms with Crippen molar-refractivity contribution < 1.29 is 9.53 Å². The van der Waals surface area contributed by atoms with Gasteiger partial charge in [0.1, 0.15) is 0 Å². The highest BCUT2D eigenvalue weighted by molar-refractivity contribution is 5.75. The quantitative estimate of drug-likeness (QED) is 0.628. The van der Waals surface area contributed by atoms with Crippen LogP contribution in [0.2, 0.25) is 0 Å². The summed E-state index contributed by atoms with van der Waals surface area (Å²) in [6, 6.07) is 0. The number of carbonyl (C=O) groups excluding carboxylic acids is 1. The molecular weight excluding hydrogens is 218 g/mol. The summed E-state index contributed by atoms with van der Waals surface area (Å²) in [4.78, 5) is 15.7. The van der Waals surface area contributed by atoms with Crippen LogP contribution in [0.4, 0.5) is 0 Å². The zero-order chi connectivity index (χ0) is 12.5. The van der Waals surface area contributed by atoms with Gasteiger partial charge in [0.05, 0.1) is 13.2 Å². The maximum absolute atomic E-state index is 10.9. The molecule has 0 spiro atoms. The number of amides is 1. The lowest BCUT2D eigenvalue weighted by atomic mass is 10.3. The molecule has 0 aromatic rings. The van der Waals surface area contributed by atoms with Gasteiger partial charge in [-0.15, -0.1) is 0 Å². The third kappa shape index (κ3) is 6.61. The number of hydrogen-bond acceptors (Lipinski definition) is 4. The van der Waals surface area contributed by atoms with Gasteiger partial charge < -0.3 is 15.0 Å². The van der Waals surface area contributed by atoms with Gasteiger partial charge in [0.25, 0.3) is 0 Å². The van der Waals surface area contributed by atoms with Gasteiger partial charge in [-0.1, -0.05) is 6.92 Å². The van der Waals surface area contributed by atoms with E-state index in [-0.39, 0.29) is 5.91 Å². The summed E-state index contributed by atoms with van der Waals surface area (Å²) < 4.78 is 5.49. The molecule has 100 valence electrons. The Hall–Kier alpha value is -0.650. The Labute approximate surface area is 104 Å². The summed E-state index contributed by atoms with van der Waals surface area (Å²) in [7, 11) is 2.16. The van der Waals surface area contributed by atoms with Crippen molar-refractivity contribution in [3.8, 4) is 0 Å². The maximum atomic E-state index is 10.9. The Bertz CT molecular complexity index is 216.